The van der Waals surface area contributed by atoms with Crippen molar-refractivity contribution in [2.24, 2.45) is 0 Å². The maximum atomic E-state index is 6.12. The molecule has 1 heterocycles. The lowest BCUT2D eigenvalue weighted by molar-refractivity contribution is 0.415. The molecule has 0 aliphatic carbocycles. The monoisotopic (exact) mass is 273 g/mol. The third-order valence-corrected chi connectivity index (χ3v) is 3.28. The minimum atomic E-state index is 0.612. The van der Waals surface area contributed by atoms with Crippen LogP contribution in [-0.4, -0.2) is 17.1 Å². The Morgan fingerprint density at radius 1 is 1.26 bits per heavy atom. The summed E-state index contributed by atoms with van der Waals surface area (Å²) in [6.45, 7) is 0. The molecule has 96 valence electrons. The number of para-hydroxylation sites is 1. The molecule has 0 spiro atoms. The van der Waals surface area contributed by atoms with Gasteiger partial charge in [0.05, 0.1) is 17.6 Å². The number of aromatic nitrogens is 2. The number of hydrogen-bond donors (Lipinski definition) is 2. The summed E-state index contributed by atoms with van der Waals surface area (Å²) in [5, 5.41) is 0.612. The molecule has 0 bridgehead atoms. The van der Waals surface area contributed by atoms with Crippen LogP contribution in [0.4, 0.5) is 5.69 Å². The molecule has 0 saturated heterocycles. The van der Waals surface area contributed by atoms with Gasteiger partial charge in [0.15, 0.2) is 0 Å². The summed E-state index contributed by atoms with van der Waals surface area (Å²) >= 11 is 6.12. The van der Waals surface area contributed by atoms with Crippen LogP contribution in [0.3, 0.4) is 0 Å². The quantitative estimate of drug-likeness (QED) is 0.703. The first-order valence-corrected chi connectivity index (χ1v) is 6.15. The Labute approximate surface area is 115 Å². The number of imidazole rings is 1. The van der Waals surface area contributed by atoms with E-state index in [1.807, 2.05) is 30.3 Å². The summed E-state index contributed by atoms with van der Waals surface area (Å²) in [4.78, 5) is 7.71. The second-order valence-corrected chi connectivity index (χ2v) is 4.58. The van der Waals surface area contributed by atoms with Gasteiger partial charge in [-0.15, -0.1) is 0 Å². The molecule has 0 unspecified atom stereocenters. The van der Waals surface area contributed by atoms with Gasteiger partial charge in [-0.2, -0.15) is 0 Å². The Morgan fingerprint density at radius 3 is 2.84 bits per heavy atom. The highest BCUT2D eigenvalue weighted by Crippen LogP contribution is 2.31. The third kappa shape index (κ3) is 2.00. The van der Waals surface area contributed by atoms with Crippen molar-refractivity contribution >= 4 is 28.3 Å². The highest BCUT2D eigenvalue weighted by molar-refractivity contribution is 6.35. The second-order valence-electron chi connectivity index (χ2n) is 4.17. The Hall–Kier alpha value is -2.20. The molecule has 0 radical (unpaired) electrons. The fourth-order valence-corrected chi connectivity index (χ4v) is 2.21. The van der Waals surface area contributed by atoms with E-state index >= 15 is 0 Å². The standard InChI is InChI=1S/C14H12ClN3O/c1-19-8-5-6-11(16)9(7-8)14-17-12-4-2-3-10(15)13(12)18-14/h2-7H,16H2,1H3,(H,17,18). The number of nitrogens with zero attached hydrogens (tertiary/aromatic N) is 1. The molecule has 0 fully saturated rings. The van der Waals surface area contributed by atoms with Crippen LogP contribution in [0.5, 0.6) is 5.75 Å². The summed E-state index contributed by atoms with van der Waals surface area (Å²) in [6.07, 6.45) is 0. The minimum Gasteiger partial charge on any atom is -0.497 e. The number of aromatic amines is 1. The first-order chi connectivity index (χ1) is 9.19. The van der Waals surface area contributed by atoms with E-state index in [1.165, 1.54) is 0 Å². The topological polar surface area (TPSA) is 63.9 Å². The number of anilines is 1. The Balaban J connectivity index is 2.21. The van der Waals surface area contributed by atoms with Crippen LogP contribution in [0, 0.1) is 0 Å². The van der Waals surface area contributed by atoms with E-state index in [9.17, 15) is 0 Å². The number of hydrogen-bond acceptors (Lipinski definition) is 3. The van der Waals surface area contributed by atoms with Crippen molar-refractivity contribution in [3.63, 3.8) is 0 Å². The van der Waals surface area contributed by atoms with Gasteiger partial charge in [0.1, 0.15) is 17.1 Å². The smallest absolute Gasteiger partial charge is 0.140 e. The molecular formula is C14H12ClN3O. The van der Waals surface area contributed by atoms with E-state index in [0.717, 1.165) is 22.3 Å². The van der Waals surface area contributed by atoms with E-state index in [1.54, 1.807) is 13.2 Å². The number of rotatable bonds is 2. The van der Waals surface area contributed by atoms with Gasteiger partial charge < -0.3 is 15.5 Å². The number of nitrogen functional groups attached to an aromatic ring is 1. The van der Waals surface area contributed by atoms with Crippen molar-refractivity contribution < 1.29 is 4.74 Å². The average molecular weight is 274 g/mol. The lowest BCUT2D eigenvalue weighted by Gasteiger charge is -2.05. The average Bonchev–Trinajstić information content (AvgIpc) is 2.84. The molecule has 0 aliphatic heterocycles. The summed E-state index contributed by atoms with van der Waals surface area (Å²) in [5.74, 6) is 1.41. The van der Waals surface area contributed by atoms with Gasteiger partial charge in [-0.1, -0.05) is 17.7 Å². The van der Waals surface area contributed by atoms with Crippen molar-refractivity contribution in [2.75, 3.05) is 12.8 Å². The van der Waals surface area contributed by atoms with Gasteiger partial charge in [0.25, 0.3) is 0 Å². The van der Waals surface area contributed by atoms with E-state index < -0.39 is 0 Å². The lowest BCUT2D eigenvalue weighted by atomic mass is 10.1. The molecule has 0 atom stereocenters. The van der Waals surface area contributed by atoms with Gasteiger partial charge >= 0.3 is 0 Å². The fourth-order valence-electron chi connectivity index (χ4n) is 1.99. The van der Waals surface area contributed by atoms with Crippen LogP contribution in [0.2, 0.25) is 5.02 Å². The first kappa shape index (κ1) is 11.9. The van der Waals surface area contributed by atoms with Crippen LogP contribution in [0.1, 0.15) is 0 Å². The second kappa shape index (κ2) is 4.48. The molecule has 0 saturated carbocycles. The molecule has 5 heteroatoms. The minimum absolute atomic E-state index is 0.612. The van der Waals surface area contributed by atoms with E-state index in [-0.39, 0.29) is 0 Å². The van der Waals surface area contributed by atoms with Gasteiger partial charge in [-0.25, -0.2) is 4.98 Å². The summed E-state index contributed by atoms with van der Waals surface area (Å²) < 4.78 is 5.21. The summed E-state index contributed by atoms with van der Waals surface area (Å²) in [6, 6.07) is 11.1. The van der Waals surface area contributed by atoms with Crippen molar-refractivity contribution in [3.05, 3.63) is 41.4 Å². The van der Waals surface area contributed by atoms with Gasteiger partial charge in [0.2, 0.25) is 0 Å². The maximum Gasteiger partial charge on any atom is 0.140 e. The van der Waals surface area contributed by atoms with Gasteiger partial charge in [-0.05, 0) is 30.3 Å². The van der Waals surface area contributed by atoms with Crippen molar-refractivity contribution in [2.45, 2.75) is 0 Å². The Kier molecular flexibility index (Phi) is 2.80. The molecule has 3 aromatic rings. The van der Waals surface area contributed by atoms with Gasteiger partial charge in [-0.3, -0.25) is 0 Å². The molecule has 4 nitrogen and oxygen atoms in total. The highest BCUT2D eigenvalue weighted by atomic mass is 35.5. The Morgan fingerprint density at radius 2 is 2.11 bits per heavy atom. The molecular weight excluding hydrogens is 262 g/mol. The number of benzene rings is 2. The zero-order valence-electron chi connectivity index (χ0n) is 10.3. The number of H-pyrrole nitrogens is 1. The fraction of sp³-hybridized carbons (Fsp3) is 0.0714. The molecule has 0 amide bonds. The lowest BCUT2D eigenvalue weighted by Crippen LogP contribution is -1.93. The third-order valence-electron chi connectivity index (χ3n) is 2.98. The van der Waals surface area contributed by atoms with Crippen LogP contribution in [-0.2, 0) is 0 Å². The van der Waals surface area contributed by atoms with Crippen LogP contribution in [0.25, 0.3) is 22.4 Å². The SMILES string of the molecule is COc1ccc(N)c(-c2nc3c(Cl)cccc3[nH]2)c1. The van der Waals surface area contributed by atoms with E-state index in [2.05, 4.69) is 9.97 Å². The van der Waals surface area contributed by atoms with Gasteiger partial charge in [0, 0.05) is 11.3 Å². The van der Waals surface area contributed by atoms with Crippen molar-refractivity contribution in [3.8, 4) is 17.1 Å². The molecule has 3 rings (SSSR count). The molecule has 2 aromatic carbocycles. The van der Waals surface area contributed by atoms with Crippen molar-refractivity contribution in [1.82, 2.24) is 9.97 Å². The number of nitrogens with one attached hydrogen (secondary N) is 1. The normalized spacial score (nSPS) is 10.8. The molecule has 3 N–H and O–H groups in total. The summed E-state index contributed by atoms with van der Waals surface area (Å²) in [5.41, 5.74) is 9.04. The first-order valence-electron chi connectivity index (χ1n) is 5.77. The van der Waals surface area contributed by atoms with Crippen LogP contribution >= 0.6 is 11.6 Å². The predicted octanol–water partition coefficient (Wildman–Crippen LogP) is 3.47. The van der Waals surface area contributed by atoms with E-state index in [4.69, 9.17) is 22.1 Å². The molecule has 0 aliphatic rings. The molecule has 19 heavy (non-hydrogen) atoms. The maximum absolute atomic E-state index is 6.12. The molecule has 1 aromatic heterocycles. The van der Waals surface area contributed by atoms with E-state index in [0.29, 0.717) is 16.5 Å². The zero-order chi connectivity index (χ0) is 13.4. The highest BCUT2D eigenvalue weighted by Gasteiger charge is 2.11. The number of fused-ring (bicyclic) bond motifs is 1. The van der Waals surface area contributed by atoms with Crippen molar-refractivity contribution in [1.29, 1.82) is 0 Å². The number of methoxy groups -OCH3 is 1. The number of nitrogens with two attached hydrogens (primary N) is 1. The Bertz CT molecular complexity index is 752. The summed E-state index contributed by atoms with van der Waals surface area (Å²) in [7, 11) is 1.62. The van der Waals surface area contributed by atoms with Crippen LogP contribution in [0.15, 0.2) is 36.4 Å². The predicted molar refractivity (Wildman–Crippen MR) is 77.5 cm³/mol. The zero-order valence-corrected chi connectivity index (χ0v) is 11.0. The number of halogens is 1. The largest absolute Gasteiger partial charge is 0.497 e. The number of ether oxygens (including phenoxy) is 1. The van der Waals surface area contributed by atoms with Crippen LogP contribution < -0.4 is 10.5 Å².